The minimum absolute atomic E-state index is 0.0641. The van der Waals surface area contributed by atoms with Crippen molar-refractivity contribution in [1.29, 1.82) is 10.5 Å². The van der Waals surface area contributed by atoms with Gasteiger partial charge in [-0.2, -0.15) is 15.2 Å². The molecule has 4 aliphatic rings. The molecule has 2 aliphatic carbocycles. The van der Waals surface area contributed by atoms with Gasteiger partial charge in [0.25, 0.3) is 11.1 Å². The molecule has 4 fully saturated rings. The third-order valence-corrected chi connectivity index (χ3v) is 13.6. The molecule has 17 heteroatoms. The van der Waals surface area contributed by atoms with E-state index in [4.69, 9.17) is 16.3 Å². The number of aromatic amines is 1. The largest absolute Gasteiger partial charge is 0.492 e. The van der Waals surface area contributed by atoms with Crippen molar-refractivity contribution in [3.05, 3.63) is 71.3 Å². The number of rotatable bonds is 11. The van der Waals surface area contributed by atoms with E-state index >= 15 is 4.39 Å². The van der Waals surface area contributed by atoms with Gasteiger partial charge in [-0.1, -0.05) is 0 Å². The van der Waals surface area contributed by atoms with Gasteiger partial charge in [-0.05, 0) is 97.3 Å². The first-order valence-electron chi connectivity index (χ1n) is 20.4. The number of aryl methyl sites for hydroxylation is 1. The fraction of sp³-hybridized carbons (Fsp3) is 0.571. The van der Waals surface area contributed by atoms with Gasteiger partial charge >= 0.3 is 11.4 Å². The van der Waals surface area contributed by atoms with Crippen LogP contribution in [0.5, 0.6) is 5.75 Å². The number of nitrogens with one attached hydrogen (secondary N) is 2. The maximum Gasteiger partial charge on any atom is 0.350 e. The molecule has 2 saturated carbocycles. The predicted molar refractivity (Wildman–Crippen MR) is 223 cm³/mol. The first-order valence-corrected chi connectivity index (χ1v) is 20.4. The van der Waals surface area contributed by atoms with Gasteiger partial charge in [-0.15, -0.1) is 0 Å². The highest BCUT2D eigenvalue weighted by Gasteiger charge is 2.54. The van der Waals surface area contributed by atoms with Crippen molar-refractivity contribution in [2.75, 3.05) is 48.9 Å². The molecule has 0 bridgehead atoms. The van der Waals surface area contributed by atoms with Gasteiger partial charge in [0.05, 0.1) is 63.4 Å². The lowest BCUT2D eigenvalue weighted by Gasteiger charge is -2.50. The minimum Gasteiger partial charge on any atom is -0.492 e. The van der Waals surface area contributed by atoms with Crippen molar-refractivity contribution in [3.8, 4) is 17.9 Å². The van der Waals surface area contributed by atoms with E-state index in [1.54, 1.807) is 42.0 Å². The van der Waals surface area contributed by atoms with Crippen LogP contribution in [0.2, 0.25) is 0 Å². The highest BCUT2D eigenvalue weighted by Crippen LogP contribution is 2.46. The summed E-state index contributed by atoms with van der Waals surface area (Å²) in [6.07, 6.45) is 4.28. The molecule has 0 radical (unpaired) electrons. The van der Waals surface area contributed by atoms with E-state index < -0.39 is 56.8 Å². The number of hydrogen-bond donors (Lipinski definition) is 4. The summed E-state index contributed by atoms with van der Waals surface area (Å²) in [6.45, 7) is 10.7. The van der Waals surface area contributed by atoms with Crippen LogP contribution < -0.4 is 53.9 Å². The Morgan fingerprint density at radius 1 is 0.915 bits per heavy atom. The molecule has 0 spiro atoms. The molecular formula is C42H52FN11O5. The Balaban J connectivity index is 1.13. The number of nitrogens with two attached hydrogens (primary N) is 2. The molecule has 4 unspecified atom stereocenters. The van der Waals surface area contributed by atoms with Crippen molar-refractivity contribution in [3.63, 3.8) is 0 Å². The molecular weight excluding hydrogens is 758 g/mol. The highest BCUT2D eigenvalue weighted by atomic mass is 19.1. The number of nitrogen functional groups attached to an aromatic ring is 1. The smallest absolute Gasteiger partial charge is 0.350 e. The Labute approximate surface area is 339 Å². The van der Waals surface area contributed by atoms with Gasteiger partial charge in [-0.3, -0.25) is 29.0 Å². The first kappa shape index (κ1) is 40.1. The predicted octanol–water partition coefficient (Wildman–Crippen LogP) is 3.07. The van der Waals surface area contributed by atoms with Gasteiger partial charge in [-0.25, -0.2) is 14.0 Å². The average molecular weight is 810 g/mol. The summed E-state index contributed by atoms with van der Waals surface area (Å²) in [5.41, 5.74) is 3.95. The molecule has 2 aromatic carbocycles. The van der Waals surface area contributed by atoms with Gasteiger partial charge in [0.1, 0.15) is 11.3 Å². The standard InChI is InChI=1S/C42H52FN11O5/c1-22-31-28(36(55)48-38(57)52(31)25-7-8-25)17-29(43)32(22)51-16-14-24(19-51)42(46,41(4,5)21-45)49-35(40(2,3)20-44)23-13-15-50(18-23)30-12-11-27-33(34(30)59-6)53(26-9-10-26)39(58)54(47)37(27)56/h11-12,17,23-26,35,49H,7-10,13-16,18-19,46-47H2,1-6H3,(H,48,55,57). The molecule has 6 N–H and O–H groups in total. The van der Waals surface area contributed by atoms with E-state index in [0.29, 0.717) is 70.9 Å². The summed E-state index contributed by atoms with van der Waals surface area (Å²) in [6, 6.07) is 8.93. The van der Waals surface area contributed by atoms with Crippen LogP contribution in [0, 0.1) is 58.1 Å². The molecule has 4 atom stereocenters. The van der Waals surface area contributed by atoms with Crippen molar-refractivity contribution in [2.45, 2.75) is 96.9 Å². The topological polar surface area (TPSA) is 226 Å². The molecule has 312 valence electrons. The number of nitriles is 2. The van der Waals surface area contributed by atoms with Gasteiger partial charge in [0.15, 0.2) is 5.75 Å². The Morgan fingerprint density at radius 2 is 1.58 bits per heavy atom. The zero-order chi connectivity index (χ0) is 42.5. The monoisotopic (exact) mass is 809 g/mol. The van der Waals surface area contributed by atoms with Crippen LogP contribution >= 0.6 is 0 Å². The van der Waals surface area contributed by atoms with E-state index in [-0.39, 0.29) is 35.3 Å². The van der Waals surface area contributed by atoms with Gasteiger partial charge in [0, 0.05) is 55.8 Å². The van der Waals surface area contributed by atoms with Crippen molar-refractivity contribution in [2.24, 2.45) is 28.4 Å². The number of halogens is 1. The van der Waals surface area contributed by atoms with Crippen LogP contribution in [0.25, 0.3) is 21.8 Å². The lowest BCUT2D eigenvalue weighted by molar-refractivity contribution is 0.0600. The SMILES string of the molecule is COc1c(N2CCC(C(NC(N)(C3CCN(c4c(F)cc5c(=O)[nH]c(=O)n(C6CC6)c5c4C)C3)C(C)(C)C#N)C(C)(C)C#N)C2)ccc2c(=O)n(N)c(=O)n(C3CC3)c12. The molecule has 16 nitrogen and oxygen atoms in total. The maximum absolute atomic E-state index is 16.2. The lowest BCUT2D eigenvalue weighted by atomic mass is 9.69. The number of ether oxygens (including phenoxy) is 1. The number of benzene rings is 2. The van der Waals surface area contributed by atoms with E-state index in [1.165, 1.54) is 13.2 Å². The zero-order valence-corrected chi connectivity index (χ0v) is 34.4. The molecule has 4 heterocycles. The third-order valence-electron chi connectivity index (χ3n) is 13.6. The van der Waals surface area contributed by atoms with Crippen LogP contribution in [0.1, 0.15) is 83.9 Å². The Hall–Kier alpha value is -5.65. The Bertz CT molecular complexity index is 2730. The van der Waals surface area contributed by atoms with Crippen LogP contribution in [0.3, 0.4) is 0 Å². The summed E-state index contributed by atoms with van der Waals surface area (Å²) in [4.78, 5) is 58.7. The molecule has 2 aromatic heterocycles. The van der Waals surface area contributed by atoms with Crippen molar-refractivity contribution >= 4 is 33.2 Å². The maximum atomic E-state index is 16.2. The van der Waals surface area contributed by atoms with Crippen LogP contribution in [-0.4, -0.2) is 63.8 Å². The van der Waals surface area contributed by atoms with Crippen molar-refractivity contribution in [1.82, 2.24) is 24.1 Å². The summed E-state index contributed by atoms with van der Waals surface area (Å²) in [5.74, 6) is 5.19. The van der Waals surface area contributed by atoms with Crippen molar-refractivity contribution < 1.29 is 9.13 Å². The molecule has 4 aromatic rings. The molecule has 0 amide bonds. The number of aromatic nitrogens is 4. The van der Waals surface area contributed by atoms with Crippen LogP contribution in [-0.2, 0) is 0 Å². The number of nitrogens with zero attached hydrogens (tertiary/aromatic N) is 7. The summed E-state index contributed by atoms with van der Waals surface area (Å²) < 4.78 is 25.9. The minimum atomic E-state index is -1.37. The van der Waals surface area contributed by atoms with Gasteiger partial charge < -0.3 is 26.1 Å². The molecule has 2 saturated heterocycles. The van der Waals surface area contributed by atoms with Crippen LogP contribution in [0.15, 0.2) is 37.4 Å². The van der Waals surface area contributed by atoms with E-state index in [0.717, 1.165) is 25.7 Å². The number of fused-ring (bicyclic) bond motifs is 2. The van der Waals surface area contributed by atoms with Gasteiger partial charge in [0.2, 0.25) is 0 Å². The second-order valence-electron chi connectivity index (χ2n) is 18.1. The lowest BCUT2D eigenvalue weighted by Crippen LogP contribution is -2.72. The fourth-order valence-electron chi connectivity index (χ4n) is 9.89. The molecule has 8 rings (SSSR count). The quantitative estimate of drug-likeness (QED) is 0.127. The Morgan fingerprint density at radius 3 is 2.20 bits per heavy atom. The second kappa shape index (κ2) is 14.0. The average Bonchev–Trinajstić information content (AvgIpc) is 4.13. The third kappa shape index (κ3) is 6.28. The highest BCUT2D eigenvalue weighted by molar-refractivity contribution is 5.91. The first-order chi connectivity index (χ1) is 27.9. The summed E-state index contributed by atoms with van der Waals surface area (Å²) >= 11 is 0. The number of H-pyrrole nitrogens is 1. The zero-order valence-electron chi connectivity index (χ0n) is 34.4. The van der Waals surface area contributed by atoms with E-state index in [1.807, 2.05) is 18.7 Å². The fourth-order valence-corrected chi connectivity index (χ4v) is 9.89. The summed E-state index contributed by atoms with van der Waals surface area (Å²) in [7, 11) is 1.51. The normalized spacial score (nSPS) is 21.5. The van der Waals surface area contributed by atoms with E-state index in [9.17, 15) is 29.7 Å². The number of methoxy groups -OCH3 is 1. The number of anilines is 2. The van der Waals surface area contributed by atoms with Crippen LogP contribution in [0.4, 0.5) is 15.8 Å². The number of hydrogen-bond acceptors (Lipinski definition) is 12. The Kier molecular flexibility index (Phi) is 9.52. The molecule has 59 heavy (non-hydrogen) atoms. The molecule has 2 aliphatic heterocycles. The second-order valence-corrected chi connectivity index (χ2v) is 18.1. The van der Waals surface area contributed by atoms with E-state index in [2.05, 4.69) is 27.3 Å². The summed E-state index contributed by atoms with van der Waals surface area (Å²) in [5, 5.41) is 25.4.